The molecule has 7 heteroatoms. The zero-order valence-electron chi connectivity index (χ0n) is 10.0. The van der Waals surface area contributed by atoms with E-state index in [4.69, 9.17) is 5.11 Å². The molecule has 0 radical (unpaired) electrons. The van der Waals surface area contributed by atoms with Crippen molar-refractivity contribution < 1.29 is 18.3 Å². The SMILES string of the molecule is CCc1sc(-c2cccc(C(F)(F)F)n2)nc1CO. The first kappa shape index (κ1) is 14.0. The summed E-state index contributed by atoms with van der Waals surface area (Å²) in [7, 11) is 0. The van der Waals surface area contributed by atoms with Gasteiger partial charge in [-0.3, -0.25) is 0 Å². The molecule has 2 rings (SSSR count). The van der Waals surface area contributed by atoms with Crippen LogP contribution in [0.2, 0.25) is 0 Å². The van der Waals surface area contributed by atoms with E-state index in [1.54, 1.807) is 0 Å². The smallest absolute Gasteiger partial charge is 0.390 e. The van der Waals surface area contributed by atoms with Gasteiger partial charge in [-0.2, -0.15) is 13.2 Å². The van der Waals surface area contributed by atoms with Crippen LogP contribution in [-0.2, 0) is 19.2 Å². The Morgan fingerprint density at radius 3 is 2.53 bits per heavy atom. The first-order chi connectivity index (χ1) is 8.95. The van der Waals surface area contributed by atoms with Gasteiger partial charge >= 0.3 is 6.18 Å². The van der Waals surface area contributed by atoms with Crippen LogP contribution in [0.5, 0.6) is 0 Å². The van der Waals surface area contributed by atoms with Crippen molar-refractivity contribution in [3.8, 4) is 10.7 Å². The Morgan fingerprint density at radius 1 is 1.26 bits per heavy atom. The maximum atomic E-state index is 12.6. The molecule has 0 saturated carbocycles. The number of hydrogen-bond donors (Lipinski definition) is 1. The molecule has 0 spiro atoms. The van der Waals surface area contributed by atoms with E-state index in [0.29, 0.717) is 17.1 Å². The number of aliphatic hydroxyl groups excluding tert-OH is 1. The van der Waals surface area contributed by atoms with Gasteiger partial charge in [0, 0.05) is 4.88 Å². The largest absolute Gasteiger partial charge is 0.433 e. The van der Waals surface area contributed by atoms with Gasteiger partial charge in [0.2, 0.25) is 0 Å². The van der Waals surface area contributed by atoms with Crippen LogP contribution < -0.4 is 0 Å². The maximum absolute atomic E-state index is 12.6. The molecule has 0 aromatic carbocycles. The Hall–Kier alpha value is -1.47. The molecule has 0 amide bonds. The first-order valence-corrected chi connectivity index (χ1v) is 6.41. The van der Waals surface area contributed by atoms with Crippen LogP contribution in [-0.4, -0.2) is 15.1 Å². The Labute approximate surface area is 111 Å². The minimum Gasteiger partial charge on any atom is -0.390 e. The van der Waals surface area contributed by atoms with E-state index in [2.05, 4.69) is 9.97 Å². The Balaban J connectivity index is 2.44. The lowest BCUT2D eigenvalue weighted by molar-refractivity contribution is -0.141. The average molecular weight is 288 g/mol. The normalized spacial score (nSPS) is 11.8. The van der Waals surface area contributed by atoms with Gasteiger partial charge in [0.05, 0.1) is 18.0 Å². The lowest BCUT2D eigenvalue weighted by Crippen LogP contribution is -2.07. The van der Waals surface area contributed by atoms with Gasteiger partial charge < -0.3 is 5.11 Å². The van der Waals surface area contributed by atoms with Gasteiger partial charge in [-0.25, -0.2) is 9.97 Å². The van der Waals surface area contributed by atoms with Gasteiger partial charge in [-0.15, -0.1) is 11.3 Å². The van der Waals surface area contributed by atoms with Gasteiger partial charge in [0.25, 0.3) is 0 Å². The molecule has 2 aromatic heterocycles. The first-order valence-electron chi connectivity index (χ1n) is 5.59. The quantitative estimate of drug-likeness (QED) is 0.942. The molecule has 2 aromatic rings. The van der Waals surface area contributed by atoms with E-state index in [1.165, 1.54) is 23.5 Å². The summed E-state index contributed by atoms with van der Waals surface area (Å²) in [5.41, 5.74) is -0.264. The lowest BCUT2D eigenvalue weighted by Gasteiger charge is -2.05. The number of alkyl halides is 3. The fraction of sp³-hybridized carbons (Fsp3) is 0.333. The molecular formula is C12H11F3N2OS. The van der Waals surface area contributed by atoms with E-state index in [1.807, 2.05) is 6.92 Å². The predicted octanol–water partition coefficient (Wildman–Crippen LogP) is 3.28. The van der Waals surface area contributed by atoms with Gasteiger partial charge in [0.1, 0.15) is 10.7 Å². The van der Waals surface area contributed by atoms with Crippen LogP contribution in [0, 0.1) is 0 Å². The van der Waals surface area contributed by atoms with Gasteiger partial charge in [0.15, 0.2) is 0 Å². The summed E-state index contributed by atoms with van der Waals surface area (Å²) < 4.78 is 37.7. The van der Waals surface area contributed by atoms with Crippen molar-refractivity contribution in [1.82, 2.24) is 9.97 Å². The number of hydrogen-bond acceptors (Lipinski definition) is 4. The molecule has 0 fully saturated rings. The summed E-state index contributed by atoms with van der Waals surface area (Å²) in [6.07, 6.45) is -3.80. The highest BCUT2D eigenvalue weighted by molar-refractivity contribution is 7.15. The van der Waals surface area contributed by atoms with Crippen molar-refractivity contribution in [3.05, 3.63) is 34.5 Å². The number of halogens is 3. The van der Waals surface area contributed by atoms with E-state index in [0.717, 1.165) is 10.9 Å². The number of nitrogens with zero attached hydrogens (tertiary/aromatic N) is 2. The Kier molecular flexibility index (Phi) is 3.86. The van der Waals surface area contributed by atoms with Crippen molar-refractivity contribution >= 4 is 11.3 Å². The highest BCUT2D eigenvalue weighted by Gasteiger charge is 2.32. The topological polar surface area (TPSA) is 46.0 Å². The van der Waals surface area contributed by atoms with Gasteiger partial charge in [-0.05, 0) is 18.6 Å². The van der Waals surface area contributed by atoms with Crippen LogP contribution in [0.1, 0.15) is 23.2 Å². The molecule has 0 aliphatic rings. The minimum absolute atomic E-state index is 0.175. The number of pyridine rings is 1. The van der Waals surface area contributed by atoms with Crippen LogP contribution >= 0.6 is 11.3 Å². The van der Waals surface area contributed by atoms with E-state index >= 15 is 0 Å². The summed E-state index contributed by atoms with van der Waals surface area (Å²) in [4.78, 5) is 8.57. The third kappa shape index (κ3) is 2.93. The molecule has 0 aliphatic heterocycles. The zero-order valence-corrected chi connectivity index (χ0v) is 10.8. The van der Waals surface area contributed by atoms with Crippen LogP contribution in [0.15, 0.2) is 18.2 Å². The summed E-state index contributed by atoms with van der Waals surface area (Å²) in [6, 6.07) is 3.70. The van der Waals surface area contributed by atoms with Crippen LogP contribution in [0.3, 0.4) is 0 Å². The van der Waals surface area contributed by atoms with E-state index in [-0.39, 0.29) is 12.3 Å². The predicted molar refractivity (Wildman–Crippen MR) is 65.6 cm³/mol. The van der Waals surface area contributed by atoms with Crippen molar-refractivity contribution in [3.63, 3.8) is 0 Å². The second-order valence-electron chi connectivity index (χ2n) is 3.81. The molecule has 0 atom stereocenters. The number of thiazole rings is 1. The Bertz CT molecular complexity index is 559. The minimum atomic E-state index is -4.47. The maximum Gasteiger partial charge on any atom is 0.433 e. The monoisotopic (exact) mass is 288 g/mol. The average Bonchev–Trinajstić information content (AvgIpc) is 2.81. The number of aryl methyl sites for hydroxylation is 1. The second-order valence-corrected chi connectivity index (χ2v) is 4.89. The fourth-order valence-electron chi connectivity index (χ4n) is 1.60. The molecule has 0 aliphatic carbocycles. The molecule has 102 valence electrons. The molecule has 3 nitrogen and oxygen atoms in total. The molecular weight excluding hydrogens is 277 g/mol. The molecule has 0 unspecified atom stereocenters. The second kappa shape index (κ2) is 5.26. The summed E-state index contributed by atoms with van der Waals surface area (Å²) in [5.74, 6) is 0. The summed E-state index contributed by atoms with van der Waals surface area (Å²) in [5, 5.41) is 9.53. The van der Waals surface area contributed by atoms with Crippen molar-refractivity contribution in [2.24, 2.45) is 0 Å². The van der Waals surface area contributed by atoms with Crippen molar-refractivity contribution in [2.75, 3.05) is 0 Å². The fourth-order valence-corrected chi connectivity index (χ4v) is 2.58. The highest BCUT2D eigenvalue weighted by atomic mass is 32.1. The van der Waals surface area contributed by atoms with Crippen molar-refractivity contribution in [2.45, 2.75) is 26.1 Å². The van der Waals surface area contributed by atoms with E-state index < -0.39 is 11.9 Å². The standard InChI is InChI=1S/C12H11F3N2OS/c1-2-9-8(6-18)17-11(19-9)7-4-3-5-10(16-7)12(13,14)15/h3-5,18H,2,6H2,1H3. The van der Waals surface area contributed by atoms with Gasteiger partial charge in [-0.1, -0.05) is 13.0 Å². The highest BCUT2D eigenvalue weighted by Crippen LogP contribution is 2.31. The van der Waals surface area contributed by atoms with Crippen molar-refractivity contribution in [1.29, 1.82) is 0 Å². The molecule has 0 bridgehead atoms. The molecule has 1 N–H and O–H groups in total. The number of aromatic nitrogens is 2. The summed E-state index contributed by atoms with van der Waals surface area (Å²) >= 11 is 1.26. The van der Waals surface area contributed by atoms with Crippen LogP contribution in [0.25, 0.3) is 10.7 Å². The van der Waals surface area contributed by atoms with E-state index in [9.17, 15) is 13.2 Å². The molecule has 0 saturated heterocycles. The third-order valence-electron chi connectivity index (χ3n) is 2.51. The lowest BCUT2D eigenvalue weighted by atomic mass is 10.3. The number of aliphatic hydroxyl groups is 1. The number of rotatable bonds is 3. The Morgan fingerprint density at radius 2 is 2.00 bits per heavy atom. The zero-order chi connectivity index (χ0) is 14.0. The molecule has 2 heterocycles. The molecule has 19 heavy (non-hydrogen) atoms. The summed E-state index contributed by atoms with van der Waals surface area (Å²) in [6.45, 7) is 1.68. The van der Waals surface area contributed by atoms with Crippen LogP contribution in [0.4, 0.5) is 13.2 Å². The third-order valence-corrected chi connectivity index (χ3v) is 3.77.